The summed E-state index contributed by atoms with van der Waals surface area (Å²) in [4.78, 5) is 25.8. The molecule has 0 bridgehead atoms. The van der Waals surface area contributed by atoms with E-state index in [1.165, 1.54) is 0 Å². The van der Waals surface area contributed by atoms with Crippen molar-refractivity contribution in [3.63, 3.8) is 0 Å². The van der Waals surface area contributed by atoms with E-state index in [1.807, 2.05) is 13.0 Å². The number of halogens is 1. The highest BCUT2D eigenvalue weighted by atomic mass is 35.5. The quantitative estimate of drug-likeness (QED) is 0.868. The minimum Gasteiger partial charge on any atom is -0.481 e. The summed E-state index contributed by atoms with van der Waals surface area (Å²) in [5.74, 6) is -1.01. The number of carbonyl (C=O) groups is 2. The van der Waals surface area contributed by atoms with Crippen molar-refractivity contribution in [2.75, 3.05) is 31.6 Å². The van der Waals surface area contributed by atoms with Gasteiger partial charge in [0.2, 0.25) is 0 Å². The van der Waals surface area contributed by atoms with E-state index in [0.29, 0.717) is 36.9 Å². The Morgan fingerprint density at radius 1 is 1.48 bits per heavy atom. The van der Waals surface area contributed by atoms with E-state index >= 15 is 0 Å². The lowest BCUT2D eigenvalue weighted by Crippen LogP contribution is -2.45. The highest BCUT2D eigenvalue weighted by molar-refractivity contribution is 6.31. The molecule has 0 spiro atoms. The zero-order valence-electron chi connectivity index (χ0n) is 12.8. The second-order valence-electron chi connectivity index (χ2n) is 6.25. The third kappa shape index (κ3) is 2.88. The van der Waals surface area contributed by atoms with Crippen LogP contribution >= 0.6 is 11.6 Å². The van der Waals surface area contributed by atoms with Crippen molar-refractivity contribution < 1.29 is 19.4 Å². The van der Waals surface area contributed by atoms with Crippen molar-refractivity contribution in [3.05, 3.63) is 28.8 Å². The van der Waals surface area contributed by atoms with Gasteiger partial charge in [-0.3, -0.25) is 4.79 Å². The van der Waals surface area contributed by atoms with Gasteiger partial charge in [-0.05, 0) is 31.0 Å². The number of aryl methyl sites for hydroxylation is 1. The number of ether oxygens (including phenoxy) is 1. The Hall–Kier alpha value is -1.79. The van der Waals surface area contributed by atoms with Crippen LogP contribution in [0.15, 0.2) is 18.2 Å². The van der Waals surface area contributed by atoms with Crippen molar-refractivity contribution in [3.8, 4) is 0 Å². The van der Waals surface area contributed by atoms with Crippen molar-refractivity contribution in [2.24, 2.45) is 11.3 Å². The first kappa shape index (κ1) is 16.1. The number of amides is 2. The zero-order valence-corrected chi connectivity index (χ0v) is 13.6. The van der Waals surface area contributed by atoms with E-state index in [1.54, 1.807) is 17.0 Å². The first-order chi connectivity index (χ1) is 10.9. The molecule has 0 aliphatic carbocycles. The first-order valence-corrected chi connectivity index (χ1v) is 7.93. The smallest absolute Gasteiger partial charge is 0.321 e. The minimum atomic E-state index is -0.890. The Morgan fingerprint density at radius 3 is 2.96 bits per heavy atom. The van der Waals surface area contributed by atoms with Crippen LogP contribution < -0.4 is 5.32 Å². The standard InChI is InChI=1S/C16H19ClN2O4/c1-10-2-3-12(17)6-13(10)18-15(22)19-7-11-8-23-5-4-16(11,9-19)14(20)21/h2-3,6,11H,4-5,7-9H2,1H3,(H,18,22)(H,20,21)/t11-,16+/m1/s1. The second-order valence-corrected chi connectivity index (χ2v) is 6.69. The van der Waals surface area contributed by atoms with Crippen molar-refractivity contribution >= 4 is 29.3 Å². The highest BCUT2D eigenvalue weighted by Gasteiger charge is 2.54. The van der Waals surface area contributed by atoms with Crippen LogP contribution in [0.25, 0.3) is 0 Å². The number of anilines is 1. The molecule has 0 aromatic heterocycles. The van der Waals surface area contributed by atoms with Crippen LogP contribution in [0.3, 0.4) is 0 Å². The van der Waals surface area contributed by atoms with Gasteiger partial charge < -0.3 is 20.1 Å². The second kappa shape index (κ2) is 6.02. The fraction of sp³-hybridized carbons (Fsp3) is 0.500. The molecule has 0 saturated carbocycles. The van der Waals surface area contributed by atoms with Crippen LogP contribution in [0.1, 0.15) is 12.0 Å². The van der Waals surface area contributed by atoms with Crippen molar-refractivity contribution in [1.29, 1.82) is 0 Å². The molecular weight excluding hydrogens is 320 g/mol. The number of nitrogens with zero attached hydrogens (tertiary/aromatic N) is 1. The topological polar surface area (TPSA) is 78.9 Å². The van der Waals surface area contributed by atoms with Crippen LogP contribution in [0.4, 0.5) is 10.5 Å². The van der Waals surface area contributed by atoms with Crippen LogP contribution in [0.5, 0.6) is 0 Å². The van der Waals surface area contributed by atoms with Crippen molar-refractivity contribution in [2.45, 2.75) is 13.3 Å². The van der Waals surface area contributed by atoms with E-state index in [-0.39, 0.29) is 18.5 Å². The van der Waals surface area contributed by atoms with Gasteiger partial charge in [0.05, 0.1) is 12.0 Å². The fourth-order valence-electron chi connectivity index (χ4n) is 3.38. The molecular formula is C16H19ClN2O4. The third-order valence-electron chi connectivity index (χ3n) is 4.86. The van der Waals surface area contributed by atoms with E-state index in [4.69, 9.17) is 16.3 Å². The molecule has 2 fully saturated rings. The normalized spacial score (nSPS) is 26.7. The minimum absolute atomic E-state index is 0.167. The maximum absolute atomic E-state index is 12.5. The van der Waals surface area contributed by atoms with Gasteiger partial charge in [-0.25, -0.2) is 4.79 Å². The molecule has 1 aromatic carbocycles. The fourth-order valence-corrected chi connectivity index (χ4v) is 3.55. The van der Waals surface area contributed by atoms with Gasteiger partial charge in [0.1, 0.15) is 0 Å². The summed E-state index contributed by atoms with van der Waals surface area (Å²) in [6, 6.07) is 4.97. The first-order valence-electron chi connectivity index (χ1n) is 7.55. The molecule has 6 nitrogen and oxygen atoms in total. The van der Waals surface area contributed by atoms with E-state index in [0.717, 1.165) is 5.56 Å². The van der Waals surface area contributed by atoms with Gasteiger partial charge in [0.25, 0.3) is 0 Å². The summed E-state index contributed by atoms with van der Waals surface area (Å²) in [6.07, 6.45) is 0.437. The van der Waals surface area contributed by atoms with E-state index in [2.05, 4.69) is 5.32 Å². The number of urea groups is 1. The lowest BCUT2D eigenvalue weighted by atomic mass is 9.74. The number of rotatable bonds is 2. The van der Waals surface area contributed by atoms with Crippen LogP contribution in [-0.4, -0.2) is 48.3 Å². The molecule has 2 atom stereocenters. The third-order valence-corrected chi connectivity index (χ3v) is 5.10. The SMILES string of the molecule is Cc1ccc(Cl)cc1NC(=O)N1C[C@@H]2COCC[C@]2(C(=O)O)C1. The molecule has 124 valence electrons. The van der Waals surface area contributed by atoms with Gasteiger partial charge >= 0.3 is 12.0 Å². The summed E-state index contributed by atoms with van der Waals surface area (Å²) in [6.45, 7) is 3.28. The number of fused-ring (bicyclic) bond motifs is 1. The number of likely N-dealkylation sites (tertiary alicyclic amines) is 1. The maximum Gasteiger partial charge on any atom is 0.321 e. The number of carboxylic acid groups (broad SMARTS) is 1. The van der Waals surface area contributed by atoms with Crippen LogP contribution in [0, 0.1) is 18.3 Å². The predicted molar refractivity (Wildman–Crippen MR) is 85.8 cm³/mol. The number of carboxylic acids is 1. The van der Waals surface area contributed by atoms with Gasteiger partial charge in [0.15, 0.2) is 0 Å². The molecule has 2 amide bonds. The highest BCUT2D eigenvalue weighted by Crippen LogP contribution is 2.42. The lowest BCUT2D eigenvalue weighted by Gasteiger charge is -2.33. The van der Waals surface area contributed by atoms with Crippen LogP contribution in [-0.2, 0) is 9.53 Å². The number of aliphatic carboxylic acids is 1. The summed E-state index contributed by atoms with van der Waals surface area (Å²) < 4.78 is 5.40. The van der Waals surface area contributed by atoms with E-state index < -0.39 is 11.4 Å². The number of hydrogen-bond acceptors (Lipinski definition) is 3. The largest absolute Gasteiger partial charge is 0.481 e. The summed E-state index contributed by atoms with van der Waals surface area (Å²) in [5, 5.41) is 13.0. The van der Waals surface area contributed by atoms with Gasteiger partial charge in [-0.1, -0.05) is 17.7 Å². The van der Waals surface area contributed by atoms with Gasteiger partial charge in [0, 0.05) is 36.3 Å². The van der Waals surface area contributed by atoms with E-state index in [9.17, 15) is 14.7 Å². The summed E-state index contributed by atoms with van der Waals surface area (Å²) in [5.41, 5.74) is 0.646. The Labute approximate surface area is 139 Å². The Balaban J connectivity index is 1.76. The summed E-state index contributed by atoms with van der Waals surface area (Å²) >= 11 is 5.96. The molecule has 0 unspecified atom stereocenters. The molecule has 7 heteroatoms. The zero-order chi connectivity index (χ0) is 16.6. The lowest BCUT2D eigenvalue weighted by molar-refractivity contribution is -0.157. The molecule has 2 aliphatic rings. The Kier molecular flexibility index (Phi) is 4.21. The molecule has 2 saturated heterocycles. The Morgan fingerprint density at radius 2 is 2.26 bits per heavy atom. The predicted octanol–water partition coefficient (Wildman–Crippen LogP) is 2.60. The Bertz CT molecular complexity index is 651. The molecule has 0 radical (unpaired) electrons. The number of hydrogen-bond donors (Lipinski definition) is 2. The number of nitrogens with one attached hydrogen (secondary N) is 1. The molecule has 1 aromatic rings. The molecule has 23 heavy (non-hydrogen) atoms. The average molecular weight is 339 g/mol. The van der Waals surface area contributed by atoms with Gasteiger partial charge in [-0.2, -0.15) is 0 Å². The monoisotopic (exact) mass is 338 g/mol. The number of carbonyl (C=O) groups excluding carboxylic acids is 1. The average Bonchev–Trinajstić information content (AvgIpc) is 2.92. The van der Waals surface area contributed by atoms with Gasteiger partial charge in [-0.15, -0.1) is 0 Å². The van der Waals surface area contributed by atoms with Crippen molar-refractivity contribution in [1.82, 2.24) is 4.90 Å². The molecule has 3 rings (SSSR count). The molecule has 2 N–H and O–H groups in total. The van der Waals surface area contributed by atoms with Crippen LogP contribution in [0.2, 0.25) is 5.02 Å². The molecule has 2 heterocycles. The maximum atomic E-state index is 12.5. The molecule has 2 aliphatic heterocycles. The summed E-state index contributed by atoms with van der Waals surface area (Å²) in [7, 11) is 0. The number of benzene rings is 1.